The van der Waals surface area contributed by atoms with Crippen LogP contribution >= 0.6 is 15.9 Å². The molecule has 0 bridgehead atoms. The van der Waals surface area contributed by atoms with Gasteiger partial charge in [-0.25, -0.2) is 0 Å². The molecule has 4 heteroatoms. The largest absolute Gasteiger partial charge is 0.341 e. The number of benzene rings is 1. The predicted octanol–water partition coefficient (Wildman–Crippen LogP) is 3.39. The molecule has 1 amide bonds. The van der Waals surface area contributed by atoms with Crippen LogP contribution in [0.25, 0.3) is 0 Å². The summed E-state index contributed by atoms with van der Waals surface area (Å²) in [5.74, 6) is 0.499. The zero-order chi connectivity index (χ0) is 14.3. The molecule has 0 radical (unpaired) electrons. The fourth-order valence-electron chi connectivity index (χ4n) is 1.83. The van der Waals surface area contributed by atoms with Crippen molar-refractivity contribution >= 4 is 21.8 Å². The smallest absolute Gasteiger partial charge is 0.227 e. The van der Waals surface area contributed by atoms with Crippen LogP contribution in [-0.4, -0.2) is 23.9 Å². The van der Waals surface area contributed by atoms with Crippen molar-refractivity contribution in [2.24, 2.45) is 5.92 Å². The van der Waals surface area contributed by atoms with E-state index in [1.165, 1.54) is 0 Å². The lowest BCUT2D eigenvalue weighted by atomic mass is 10.1. The molecular formula is C15H19BrN2O. The van der Waals surface area contributed by atoms with E-state index >= 15 is 0 Å². The molecule has 102 valence electrons. The Balaban J connectivity index is 2.65. The quantitative estimate of drug-likeness (QED) is 0.805. The van der Waals surface area contributed by atoms with Crippen LogP contribution in [0.5, 0.6) is 0 Å². The topological polar surface area (TPSA) is 44.1 Å². The molecule has 0 spiro atoms. The number of carbonyl (C=O) groups is 1. The third kappa shape index (κ3) is 5.89. The lowest BCUT2D eigenvalue weighted by Crippen LogP contribution is -2.36. The highest BCUT2D eigenvalue weighted by Gasteiger charge is 2.14. The Kier molecular flexibility index (Phi) is 6.58. The van der Waals surface area contributed by atoms with Crippen LogP contribution in [0.4, 0.5) is 0 Å². The number of hydrogen-bond donors (Lipinski definition) is 0. The van der Waals surface area contributed by atoms with Crippen LogP contribution in [0.2, 0.25) is 0 Å². The highest BCUT2D eigenvalue weighted by molar-refractivity contribution is 9.10. The first-order valence-electron chi connectivity index (χ1n) is 6.42. The van der Waals surface area contributed by atoms with Gasteiger partial charge in [0.25, 0.3) is 0 Å². The molecule has 0 aliphatic heterocycles. The summed E-state index contributed by atoms with van der Waals surface area (Å²) in [4.78, 5) is 14.0. The fraction of sp³-hybridized carbons (Fsp3) is 0.467. The molecule has 0 heterocycles. The van der Waals surface area contributed by atoms with Gasteiger partial charge >= 0.3 is 0 Å². The Labute approximate surface area is 123 Å². The van der Waals surface area contributed by atoms with Gasteiger partial charge in [-0.3, -0.25) is 4.79 Å². The molecular weight excluding hydrogens is 304 g/mol. The van der Waals surface area contributed by atoms with Crippen LogP contribution in [-0.2, 0) is 11.2 Å². The second-order valence-electron chi connectivity index (χ2n) is 4.94. The molecule has 0 aromatic heterocycles. The molecule has 0 aliphatic carbocycles. The molecule has 0 saturated carbocycles. The van der Waals surface area contributed by atoms with Crippen LogP contribution in [0.15, 0.2) is 28.7 Å². The van der Waals surface area contributed by atoms with E-state index in [1.54, 1.807) is 4.90 Å². The second-order valence-corrected chi connectivity index (χ2v) is 5.86. The van der Waals surface area contributed by atoms with Crippen molar-refractivity contribution in [3.05, 3.63) is 34.3 Å². The van der Waals surface area contributed by atoms with Gasteiger partial charge in [0.15, 0.2) is 0 Å². The normalized spacial score (nSPS) is 10.3. The van der Waals surface area contributed by atoms with E-state index in [-0.39, 0.29) is 5.91 Å². The predicted molar refractivity (Wildman–Crippen MR) is 79.5 cm³/mol. The first-order chi connectivity index (χ1) is 9.02. The molecule has 1 aromatic carbocycles. The van der Waals surface area contributed by atoms with Crippen molar-refractivity contribution in [1.82, 2.24) is 4.90 Å². The Bertz CT molecular complexity index is 448. The number of amides is 1. The van der Waals surface area contributed by atoms with Gasteiger partial charge in [-0.2, -0.15) is 5.26 Å². The maximum atomic E-state index is 12.2. The zero-order valence-electron chi connectivity index (χ0n) is 11.4. The SMILES string of the molecule is CC(C)CN(CCC#N)C(=O)Cc1ccc(Br)cc1. The Morgan fingerprint density at radius 2 is 2.00 bits per heavy atom. The third-order valence-electron chi connectivity index (χ3n) is 2.70. The average Bonchev–Trinajstić information content (AvgIpc) is 2.36. The number of carbonyl (C=O) groups excluding carboxylic acids is 1. The van der Waals surface area contributed by atoms with E-state index in [2.05, 4.69) is 35.8 Å². The van der Waals surface area contributed by atoms with E-state index < -0.39 is 0 Å². The molecule has 19 heavy (non-hydrogen) atoms. The monoisotopic (exact) mass is 322 g/mol. The number of nitrogens with zero attached hydrogens (tertiary/aromatic N) is 2. The van der Waals surface area contributed by atoms with Gasteiger partial charge in [0.05, 0.1) is 18.9 Å². The lowest BCUT2D eigenvalue weighted by molar-refractivity contribution is -0.130. The van der Waals surface area contributed by atoms with E-state index in [1.807, 2.05) is 24.3 Å². The Morgan fingerprint density at radius 1 is 1.37 bits per heavy atom. The first kappa shape index (κ1) is 15.7. The minimum Gasteiger partial charge on any atom is -0.341 e. The van der Waals surface area contributed by atoms with Crippen molar-refractivity contribution in [2.75, 3.05) is 13.1 Å². The average molecular weight is 323 g/mol. The van der Waals surface area contributed by atoms with Crippen LogP contribution in [0.1, 0.15) is 25.8 Å². The summed E-state index contributed by atoms with van der Waals surface area (Å²) in [5.41, 5.74) is 0.999. The Hall–Kier alpha value is -1.34. The van der Waals surface area contributed by atoms with Crippen LogP contribution in [0, 0.1) is 17.2 Å². The fourth-order valence-corrected chi connectivity index (χ4v) is 2.10. The third-order valence-corrected chi connectivity index (χ3v) is 3.23. The molecule has 0 atom stereocenters. The molecule has 1 rings (SSSR count). The van der Waals surface area contributed by atoms with Crippen molar-refractivity contribution in [3.8, 4) is 6.07 Å². The number of nitriles is 1. The molecule has 0 aliphatic rings. The highest BCUT2D eigenvalue weighted by Crippen LogP contribution is 2.12. The first-order valence-corrected chi connectivity index (χ1v) is 7.21. The Morgan fingerprint density at radius 3 is 2.53 bits per heavy atom. The zero-order valence-corrected chi connectivity index (χ0v) is 13.0. The van der Waals surface area contributed by atoms with Gasteiger partial charge in [0.1, 0.15) is 0 Å². The van der Waals surface area contributed by atoms with E-state index in [4.69, 9.17) is 5.26 Å². The number of hydrogen-bond acceptors (Lipinski definition) is 2. The maximum Gasteiger partial charge on any atom is 0.227 e. The lowest BCUT2D eigenvalue weighted by Gasteiger charge is -2.23. The van der Waals surface area contributed by atoms with Gasteiger partial charge in [-0.05, 0) is 23.6 Å². The molecule has 0 N–H and O–H groups in total. The van der Waals surface area contributed by atoms with Gasteiger partial charge in [0, 0.05) is 17.6 Å². The minimum absolute atomic E-state index is 0.0891. The summed E-state index contributed by atoms with van der Waals surface area (Å²) in [5, 5.41) is 8.66. The summed E-state index contributed by atoms with van der Waals surface area (Å²) < 4.78 is 1.01. The number of halogens is 1. The van der Waals surface area contributed by atoms with Crippen molar-refractivity contribution in [1.29, 1.82) is 5.26 Å². The van der Waals surface area contributed by atoms with Crippen molar-refractivity contribution in [3.63, 3.8) is 0 Å². The number of rotatable bonds is 6. The van der Waals surface area contributed by atoms with E-state index in [0.717, 1.165) is 10.0 Å². The maximum absolute atomic E-state index is 12.2. The standard InChI is InChI=1S/C15H19BrN2O/c1-12(2)11-18(9-3-8-17)15(19)10-13-4-6-14(16)7-5-13/h4-7,12H,3,9-11H2,1-2H3. The van der Waals surface area contributed by atoms with Gasteiger partial charge in [-0.15, -0.1) is 0 Å². The summed E-state index contributed by atoms with van der Waals surface area (Å²) in [7, 11) is 0. The summed E-state index contributed by atoms with van der Waals surface area (Å²) >= 11 is 3.38. The van der Waals surface area contributed by atoms with E-state index in [0.29, 0.717) is 31.8 Å². The summed E-state index contributed by atoms with van der Waals surface area (Å²) in [6.45, 7) is 5.37. The summed E-state index contributed by atoms with van der Waals surface area (Å²) in [6, 6.07) is 9.86. The molecule has 1 aromatic rings. The van der Waals surface area contributed by atoms with Gasteiger partial charge < -0.3 is 4.90 Å². The molecule has 3 nitrogen and oxygen atoms in total. The van der Waals surface area contributed by atoms with E-state index in [9.17, 15) is 4.79 Å². The van der Waals surface area contributed by atoms with Crippen molar-refractivity contribution in [2.45, 2.75) is 26.7 Å². The van der Waals surface area contributed by atoms with Crippen LogP contribution < -0.4 is 0 Å². The summed E-state index contributed by atoms with van der Waals surface area (Å²) in [6.07, 6.45) is 0.782. The molecule has 0 fully saturated rings. The minimum atomic E-state index is 0.0891. The molecule has 0 saturated heterocycles. The second kappa shape index (κ2) is 7.96. The highest BCUT2D eigenvalue weighted by atomic mass is 79.9. The van der Waals surface area contributed by atoms with Crippen molar-refractivity contribution < 1.29 is 4.79 Å². The van der Waals surface area contributed by atoms with Crippen LogP contribution in [0.3, 0.4) is 0 Å². The van der Waals surface area contributed by atoms with Gasteiger partial charge in [0.2, 0.25) is 5.91 Å². The molecule has 0 unspecified atom stereocenters. The van der Waals surface area contributed by atoms with Gasteiger partial charge in [-0.1, -0.05) is 41.9 Å².